The number of ether oxygens (including phenoxy) is 1. The fraction of sp³-hybridized carbons (Fsp3) is 1.00. The van der Waals surface area contributed by atoms with Crippen molar-refractivity contribution >= 4 is 10.0 Å². The summed E-state index contributed by atoms with van der Waals surface area (Å²) in [6.07, 6.45) is 0.557. The lowest BCUT2D eigenvalue weighted by Crippen LogP contribution is -2.32. The van der Waals surface area contributed by atoms with Crippen LogP contribution in [0.25, 0.3) is 0 Å². The second-order valence-corrected chi connectivity index (χ2v) is 5.55. The van der Waals surface area contributed by atoms with E-state index < -0.39 is 16.1 Å². The molecule has 0 amide bonds. The van der Waals surface area contributed by atoms with Gasteiger partial charge in [-0.25, -0.2) is 8.42 Å². The van der Waals surface area contributed by atoms with Gasteiger partial charge in [0.1, 0.15) is 0 Å². The average Bonchev–Trinajstić information content (AvgIpc) is 2.53. The molecular weight excluding hydrogens is 206 g/mol. The predicted molar refractivity (Wildman–Crippen MR) is 52.5 cm³/mol. The zero-order chi connectivity index (χ0) is 10.6. The van der Waals surface area contributed by atoms with Crippen LogP contribution in [0.15, 0.2) is 0 Å². The van der Waals surface area contributed by atoms with Crippen molar-refractivity contribution in [2.75, 3.05) is 32.6 Å². The van der Waals surface area contributed by atoms with Gasteiger partial charge in [0.15, 0.2) is 0 Å². The molecule has 0 aromatic heterocycles. The highest BCUT2D eigenvalue weighted by Crippen LogP contribution is 2.14. The minimum absolute atomic E-state index is 0.105. The topological polar surface area (TPSA) is 66.8 Å². The summed E-state index contributed by atoms with van der Waals surface area (Å²) in [4.78, 5) is 0. The summed E-state index contributed by atoms with van der Waals surface area (Å²) in [6.45, 7) is 1.14. The first kappa shape index (κ1) is 11.9. The van der Waals surface area contributed by atoms with Crippen LogP contribution >= 0.6 is 0 Å². The lowest BCUT2D eigenvalue weighted by molar-refractivity contribution is 0.188. The summed E-state index contributed by atoms with van der Waals surface area (Å²) in [7, 11) is -1.62. The maximum absolute atomic E-state index is 11.6. The van der Waals surface area contributed by atoms with Crippen molar-refractivity contribution in [1.29, 1.82) is 0 Å². The van der Waals surface area contributed by atoms with E-state index in [0.29, 0.717) is 26.0 Å². The van der Waals surface area contributed by atoms with Gasteiger partial charge >= 0.3 is 0 Å². The first-order chi connectivity index (χ1) is 6.56. The highest BCUT2D eigenvalue weighted by Gasteiger charge is 2.29. The van der Waals surface area contributed by atoms with E-state index in [1.165, 1.54) is 4.31 Å². The van der Waals surface area contributed by atoms with Crippen LogP contribution < -0.4 is 0 Å². The van der Waals surface area contributed by atoms with Gasteiger partial charge in [-0.2, -0.15) is 4.31 Å². The molecule has 1 aliphatic heterocycles. The molecule has 0 saturated carbocycles. The van der Waals surface area contributed by atoms with E-state index in [9.17, 15) is 13.5 Å². The van der Waals surface area contributed by atoms with E-state index in [2.05, 4.69) is 0 Å². The molecule has 5 nitrogen and oxygen atoms in total. The van der Waals surface area contributed by atoms with E-state index in [0.717, 1.165) is 0 Å². The van der Waals surface area contributed by atoms with Crippen LogP contribution in [0, 0.1) is 0 Å². The normalized spacial score (nSPS) is 24.3. The molecule has 0 bridgehead atoms. The Labute approximate surface area is 84.7 Å². The van der Waals surface area contributed by atoms with Crippen molar-refractivity contribution in [3.05, 3.63) is 0 Å². The van der Waals surface area contributed by atoms with Crippen LogP contribution in [0.5, 0.6) is 0 Å². The molecule has 1 saturated heterocycles. The fourth-order valence-electron chi connectivity index (χ4n) is 1.48. The number of nitrogens with zero attached hydrogens (tertiary/aromatic N) is 1. The van der Waals surface area contributed by atoms with Gasteiger partial charge < -0.3 is 9.84 Å². The standard InChI is InChI=1S/C8H17NO4S/c1-13-5-2-6-14(11,12)9-4-3-8(10)7-9/h8,10H,2-7H2,1H3/t8-/m1/s1. The molecule has 1 atom stereocenters. The molecule has 1 fully saturated rings. The Bertz CT molecular complexity index is 265. The van der Waals surface area contributed by atoms with Gasteiger partial charge in [0.05, 0.1) is 11.9 Å². The SMILES string of the molecule is COCCCS(=O)(=O)N1CC[C@@H](O)C1. The van der Waals surface area contributed by atoms with Crippen LogP contribution in [0.2, 0.25) is 0 Å². The highest BCUT2D eigenvalue weighted by molar-refractivity contribution is 7.89. The molecule has 0 aromatic rings. The van der Waals surface area contributed by atoms with Crippen molar-refractivity contribution in [2.24, 2.45) is 0 Å². The molecule has 0 radical (unpaired) electrons. The molecule has 14 heavy (non-hydrogen) atoms. The minimum Gasteiger partial charge on any atom is -0.392 e. The number of β-amino-alcohol motifs (C(OH)–C–C–N with tert-alkyl or cyclic N) is 1. The number of sulfonamides is 1. The highest BCUT2D eigenvalue weighted by atomic mass is 32.2. The Kier molecular flexibility index (Phi) is 4.31. The van der Waals surface area contributed by atoms with Gasteiger partial charge in [0.2, 0.25) is 10.0 Å². The van der Waals surface area contributed by atoms with Gasteiger partial charge in [-0.05, 0) is 12.8 Å². The first-order valence-corrected chi connectivity index (χ1v) is 6.32. The molecule has 0 aromatic carbocycles. The Morgan fingerprint density at radius 1 is 1.57 bits per heavy atom. The predicted octanol–water partition coefficient (Wildman–Crippen LogP) is -0.581. The molecule has 1 N–H and O–H groups in total. The third-order valence-corrected chi connectivity index (χ3v) is 4.19. The third-order valence-electron chi connectivity index (χ3n) is 2.27. The van der Waals surface area contributed by atoms with Gasteiger partial charge in [-0.1, -0.05) is 0 Å². The third kappa shape index (κ3) is 3.20. The maximum atomic E-state index is 11.6. The second kappa shape index (κ2) is 5.06. The summed E-state index contributed by atoms with van der Waals surface area (Å²) in [6, 6.07) is 0. The molecule has 0 unspecified atom stereocenters. The van der Waals surface area contributed by atoms with Crippen molar-refractivity contribution in [3.8, 4) is 0 Å². The molecule has 6 heteroatoms. The number of aliphatic hydroxyl groups is 1. The zero-order valence-corrected chi connectivity index (χ0v) is 9.16. The van der Waals surface area contributed by atoms with Crippen molar-refractivity contribution < 1.29 is 18.3 Å². The summed E-state index contributed by atoms with van der Waals surface area (Å²) in [5, 5.41) is 9.20. The molecule has 1 aliphatic rings. The van der Waals surface area contributed by atoms with Gasteiger partial charge in [0.25, 0.3) is 0 Å². The van der Waals surface area contributed by atoms with Gasteiger partial charge in [0, 0.05) is 26.8 Å². The van der Waals surface area contributed by atoms with Crippen LogP contribution in [-0.2, 0) is 14.8 Å². The average molecular weight is 223 g/mol. The Morgan fingerprint density at radius 3 is 2.79 bits per heavy atom. The van der Waals surface area contributed by atoms with Gasteiger partial charge in [-0.3, -0.25) is 0 Å². The van der Waals surface area contributed by atoms with Crippen molar-refractivity contribution in [1.82, 2.24) is 4.31 Å². The maximum Gasteiger partial charge on any atom is 0.214 e. The van der Waals surface area contributed by atoms with Gasteiger partial charge in [-0.15, -0.1) is 0 Å². The first-order valence-electron chi connectivity index (χ1n) is 4.71. The van der Waals surface area contributed by atoms with E-state index >= 15 is 0 Å². The second-order valence-electron chi connectivity index (χ2n) is 3.46. The van der Waals surface area contributed by atoms with Crippen LogP contribution in [0.3, 0.4) is 0 Å². The zero-order valence-electron chi connectivity index (χ0n) is 8.35. The molecular formula is C8H17NO4S. The van der Waals surface area contributed by atoms with Crippen molar-refractivity contribution in [2.45, 2.75) is 18.9 Å². The lowest BCUT2D eigenvalue weighted by Gasteiger charge is -2.15. The Hall–Kier alpha value is -0.170. The smallest absolute Gasteiger partial charge is 0.214 e. The minimum atomic E-state index is -3.17. The number of rotatable bonds is 5. The number of hydrogen-bond donors (Lipinski definition) is 1. The molecule has 0 spiro atoms. The van der Waals surface area contributed by atoms with E-state index in [1.54, 1.807) is 7.11 Å². The quantitative estimate of drug-likeness (QED) is 0.633. The van der Waals surface area contributed by atoms with E-state index in [4.69, 9.17) is 4.74 Å². The van der Waals surface area contributed by atoms with Crippen molar-refractivity contribution in [3.63, 3.8) is 0 Å². The number of hydrogen-bond acceptors (Lipinski definition) is 4. The summed E-state index contributed by atoms with van der Waals surface area (Å²) >= 11 is 0. The van der Waals surface area contributed by atoms with Crippen LogP contribution in [0.4, 0.5) is 0 Å². The number of aliphatic hydroxyl groups excluding tert-OH is 1. The fourth-order valence-corrected chi connectivity index (χ4v) is 3.00. The summed E-state index contributed by atoms with van der Waals surface area (Å²) in [5.41, 5.74) is 0. The van der Waals surface area contributed by atoms with Crippen LogP contribution in [0.1, 0.15) is 12.8 Å². The Balaban J connectivity index is 2.41. The molecule has 1 heterocycles. The van der Waals surface area contributed by atoms with Crippen LogP contribution in [-0.4, -0.2) is 56.5 Å². The Morgan fingerprint density at radius 2 is 2.29 bits per heavy atom. The van der Waals surface area contributed by atoms with E-state index in [1.807, 2.05) is 0 Å². The van der Waals surface area contributed by atoms with E-state index in [-0.39, 0.29) is 12.3 Å². The largest absolute Gasteiger partial charge is 0.392 e. The molecule has 1 rings (SSSR count). The summed E-state index contributed by atoms with van der Waals surface area (Å²) < 4.78 is 29.4. The molecule has 0 aliphatic carbocycles. The summed E-state index contributed by atoms with van der Waals surface area (Å²) in [5.74, 6) is 0.105. The lowest BCUT2D eigenvalue weighted by atomic mass is 10.3. The molecule has 84 valence electrons. The number of methoxy groups -OCH3 is 1. The monoisotopic (exact) mass is 223 g/mol.